The average molecular weight is 489 g/mol. The molecule has 1 fully saturated rings. The lowest BCUT2D eigenvalue weighted by Crippen LogP contribution is -2.50. The zero-order valence-corrected chi connectivity index (χ0v) is 18.9. The molecule has 1 aliphatic heterocycles. The zero-order chi connectivity index (χ0) is 22.2. The Morgan fingerprint density at radius 3 is 2.32 bits per heavy atom. The van der Waals surface area contributed by atoms with Crippen LogP contribution in [0.15, 0.2) is 53.0 Å². The van der Waals surface area contributed by atoms with Crippen LogP contribution in [0.4, 0.5) is 5.69 Å². The second-order valence-corrected chi connectivity index (χ2v) is 7.97. The summed E-state index contributed by atoms with van der Waals surface area (Å²) < 4.78 is 6.17. The van der Waals surface area contributed by atoms with Crippen LogP contribution in [0.2, 0.25) is 0 Å². The molecule has 8 nitrogen and oxygen atoms in total. The van der Waals surface area contributed by atoms with Gasteiger partial charge in [-0.3, -0.25) is 19.3 Å². The molecule has 3 amide bonds. The molecule has 0 radical (unpaired) electrons. The summed E-state index contributed by atoms with van der Waals surface area (Å²) in [4.78, 5) is 40.7. The molecule has 3 rings (SSSR count). The van der Waals surface area contributed by atoms with Crippen LogP contribution < -0.4 is 15.4 Å². The van der Waals surface area contributed by atoms with E-state index in [1.165, 1.54) is 0 Å². The van der Waals surface area contributed by atoms with Gasteiger partial charge in [0, 0.05) is 49.4 Å². The zero-order valence-electron chi connectivity index (χ0n) is 17.3. The molecular formula is C22H25BrN4O4. The van der Waals surface area contributed by atoms with E-state index >= 15 is 0 Å². The Bertz CT molecular complexity index is 927. The molecule has 1 saturated heterocycles. The highest BCUT2D eigenvalue weighted by Crippen LogP contribution is 2.20. The van der Waals surface area contributed by atoms with Gasteiger partial charge in [-0.1, -0.05) is 28.1 Å². The number of nitrogens with one attached hydrogen (secondary N) is 2. The summed E-state index contributed by atoms with van der Waals surface area (Å²) >= 11 is 3.32. The molecule has 0 atom stereocenters. The third-order valence-electron chi connectivity index (χ3n) is 5.02. The molecule has 2 aromatic rings. The van der Waals surface area contributed by atoms with Crippen molar-refractivity contribution in [2.75, 3.05) is 51.7 Å². The van der Waals surface area contributed by atoms with E-state index in [4.69, 9.17) is 4.74 Å². The lowest BCUT2D eigenvalue weighted by Gasteiger charge is -2.34. The molecule has 0 bridgehead atoms. The van der Waals surface area contributed by atoms with Crippen LogP contribution in [0.1, 0.15) is 10.4 Å². The fourth-order valence-corrected chi connectivity index (χ4v) is 3.56. The van der Waals surface area contributed by atoms with Gasteiger partial charge in [0.15, 0.2) is 0 Å². The van der Waals surface area contributed by atoms with E-state index in [9.17, 15) is 14.4 Å². The van der Waals surface area contributed by atoms with E-state index in [0.717, 1.165) is 4.47 Å². The van der Waals surface area contributed by atoms with Crippen LogP contribution in [0.25, 0.3) is 0 Å². The summed E-state index contributed by atoms with van der Waals surface area (Å²) in [5, 5.41) is 5.20. The molecule has 0 aliphatic carbocycles. The molecule has 1 heterocycles. The number of para-hydroxylation sites is 1. The van der Waals surface area contributed by atoms with Gasteiger partial charge in [0.05, 0.1) is 12.7 Å². The first-order chi connectivity index (χ1) is 15.0. The number of halogens is 1. The summed E-state index contributed by atoms with van der Waals surface area (Å²) in [6, 6.07) is 14.2. The van der Waals surface area contributed by atoms with Crippen LogP contribution in [0, 0.1) is 0 Å². The van der Waals surface area contributed by atoms with Crippen LogP contribution in [-0.2, 0) is 9.59 Å². The molecule has 31 heavy (non-hydrogen) atoms. The number of carbonyl (C=O) groups is 3. The van der Waals surface area contributed by atoms with Crippen molar-refractivity contribution in [3.63, 3.8) is 0 Å². The van der Waals surface area contributed by atoms with Crippen molar-refractivity contribution in [1.29, 1.82) is 0 Å². The first kappa shape index (κ1) is 22.8. The minimum Gasteiger partial charge on any atom is -0.496 e. The highest BCUT2D eigenvalue weighted by molar-refractivity contribution is 9.10. The first-order valence-electron chi connectivity index (χ1n) is 9.97. The second kappa shape index (κ2) is 10.9. The maximum atomic E-state index is 12.8. The molecule has 2 aromatic carbocycles. The van der Waals surface area contributed by atoms with Gasteiger partial charge in [-0.25, -0.2) is 0 Å². The van der Waals surface area contributed by atoms with Gasteiger partial charge < -0.3 is 20.3 Å². The lowest BCUT2D eigenvalue weighted by atomic mass is 10.1. The monoisotopic (exact) mass is 488 g/mol. The Kier molecular flexibility index (Phi) is 8.02. The van der Waals surface area contributed by atoms with Gasteiger partial charge in [-0.15, -0.1) is 0 Å². The van der Waals surface area contributed by atoms with E-state index in [0.29, 0.717) is 56.3 Å². The molecule has 1 aliphatic rings. The van der Waals surface area contributed by atoms with Crippen LogP contribution in [0.3, 0.4) is 0 Å². The summed E-state index contributed by atoms with van der Waals surface area (Å²) in [5.74, 6) is -0.850. The van der Waals surface area contributed by atoms with Crippen molar-refractivity contribution in [3.05, 3.63) is 58.6 Å². The number of rotatable bonds is 6. The minimum atomic E-state index is -0.699. The van der Waals surface area contributed by atoms with Crippen molar-refractivity contribution < 1.29 is 19.1 Å². The average Bonchev–Trinajstić information content (AvgIpc) is 2.80. The number of carbonyl (C=O) groups excluding carboxylic acids is 3. The predicted molar refractivity (Wildman–Crippen MR) is 121 cm³/mol. The summed E-state index contributed by atoms with van der Waals surface area (Å²) in [6.07, 6.45) is 0. The molecule has 2 N–H and O–H groups in total. The molecule has 0 spiro atoms. The van der Waals surface area contributed by atoms with E-state index in [2.05, 4.69) is 31.5 Å². The highest BCUT2D eigenvalue weighted by atomic mass is 79.9. The standard InChI is InChI=1S/C22H25BrN4O4/c1-31-19-5-3-2-4-18(19)22(30)27-14-12-26(13-15-27)11-10-24-20(28)21(29)25-17-8-6-16(23)7-9-17/h2-9H,10-15H2,1H3,(H,24,28)(H,25,29). The Hall–Kier alpha value is -2.91. The second-order valence-electron chi connectivity index (χ2n) is 7.05. The fraction of sp³-hybridized carbons (Fsp3) is 0.318. The number of nitrogens with zero attached hydrogens (tertiary/aromatic N) is 2. The number of hydrogen-bond acceptors (Lipinski definition) is 5. The number of methoxy groups -OCH3 is 1. The Morgan fingerprint density at radius 2 is 1.65 bits per heavy atom. The maximum Gasteiger partial charge on any atom is 0.313 e. The third kappa shape index (κ3) is 6.28. The summed E-state index contributed by atoms with van der Waals surface area (Å²) in [6.45, 7) is 3.54. The normalized spacial score (nSPS) is 14.1. The van der Waals surface area contributed by atoms with Crippen molar-refractivity contribution in [1.82, 2.24) is 15.1 Å². The highest BCUT2D eigenvalue weighted by Gasteiger charge is 2.24. The molecule has 164 valence electrons. The first-order valence-corrected chi connectivity index (χ1v) is 10.8. The smallest absolute Gasteiger partial charge is 0.313 e. The number of anilines is 1. The van der Waals surface area contributed by atoms with Crippen LogP contribution in [-0.4, -0.2) is 73.9 Å². The quantitative estimate of drug-likeness (QED) is 0.606. The Morgan fingerprint density at radius 1 is 0.968 bits per heavy atom. The Balaban J connectivity index is 1.39. The topological polar surface area (TPSA) is 91.0 Å². The van der Waals surface area contributed by atoms with Gasteiger partial charge in [-0.05, 0) is 36.4 Å². The van der Waals surface area contributed by atoms with Gasteiger partial charge >= 0.3 is 11.8 Å². The van der Waals surface area contributed by atoms with E-state index < -0.39 is 11.8 Å². The molecule has 0 aromatic heterocycles. The third-order valence-corrected chi connectivity index (χ3v) is 5.55. The number of piperazine rings is 1. The van der Waals surface area contributed by atoms with E-state index in [1.807, 2.05) is 12.1 Å². The minimum absolute atomic E-state index is 0.0463. The largest absolute Gasteiger partial charge is 0.496 e. The number of benzene rings is 2. The molecule has 9 heteroatoms. The van der Waals surface area contributed by atoms with Gasteiger partial charge in [-0.2, -0.15) is 0 Å². The van der Waals surface area contributed by atoms with Gasteiger partial charge in [0.1, 0.15) is 5.75 Å². The number of hydrogen-bond donors (Lipinski definition) is 2. The van der Waals surface area contributed by atoms with E-state index in [-0.39, 0.29) is 5.91 Å². The Labute approximate surface area is 189 Å². The number of ether oxygens (including phenoxy) is 1. The van der Waals surface area contributed by atoms with Crippen molar-refractivity contribution in [2.24, 2.45) is 0 Å². The van der Waals surface area contributed by atoms with Crippen molar-refractivity contribution in [3.8, 4) is 5.75 Å². The lowest BCUT2D eigenvalue weighted by molar-refractivity contribution is -0.136. The molecular weight excluding hydrogens is 464 g/mol. The summed E-state index contributed by atoms with van der Waals surface area (Å²) in [5.41, 5.74) is 1.11. The van der Waals surface area contributed by atoms with Gasteiger partial charge in [0.2, 0.25) is 0 Å². The van der Waals surface area contributed by atoms with Crippen LogP contribution in [0.5, 0.6) is 5.75 Å². The fourth-order valence-electron chi connectivity index (χ4n) is 3.30. The van der Waals surface area contributed by atoms with Crippen molar-refractivity contribution in [2.45, 2.75) is 0 Å². The van der Waals surface area contributed by atoms with Crippen LogP contribution >= 0.6 is 15.9 Å². The van der Waals surface area contributed by atoms with Crippen molar-refractivity contribution >= 4 is 39.3 Å². The number of amides is 3. The molecule has 0 unspecified atom stereocenters. The van der Waals surface area contributed by atoms with E-state index in [1.54, 1.807) is 48.4 Å². The SMILES string of the molecule is COc1ccccc1C(=O)N1CCN(CCNC(=O)C(=O)Nc2ccc(Br)cc2)CC1. The predicted octanol–water partition coefficient (Wildman–Crippen LogP) is 1.97. The van der Waals surface area contributed by atoms with Gasteiger partial charge in [0.25, 0.3) is 5.91 Å². The summed E-state index contributed by atoms with van der Waals surface area (Å²) in [7, 11) is 1.55. The maximum absolute atomic E-state index is 12.8. The molecule has 0 saturated carbocycles.